The third-order valence-corrected chi connectivity index (χ3v) is 5.02. The van der Waals surface area contributed by atoms with E-state index in [1.165, 1.54) is 0 Å². The zero-order chi connectivity index (χ0) is 17.8. The highest BCUT2D eigenvalue weighted by Crippen LogP contribution is 2.27. The van der Waals surface area contributed by atoms with Gasteiger partial charge in [-0.25, -0.2) is 0 Å². The highest BCUT2D eigenvalue weighted by atomic mass is 35.5. The SMILES string of the molecule is CCN(CC(=O)O)C1CC(NCc2cn[nH]c2-c2cccc(Cl)c2)C1. The normalized spacial score (nSPS) is 19.8. The number of benzene rings is 1. The predicted molar refractivity (Wildman–Crippen MR) is 97.6 cm³/mol. The second-order valence-electron chi connectivity index (χ2n) is 6.44. The smallest absolute Gasteiger partial charge is 0.317 e. The summed E-state index contributed by atoms with van der Waals surface area (Å²) in [7, 11) is 0. The summed E-state index contributed by atoms with van der Waals surface area (Å²) in [6.07, 6.45) is 3.79. The van der Waals surface area contributed by atoms with Gasteiger partial charge in [-0.15, -0.1) is 0 Å². The van der Waals surface area contributed by atoms with Crippen molar-refractivity contribution in [3.05, 3.63) is 41.0 Å². The number of nitrogens with one attached hydrogen (secondary N) is 2. The molecule has 1 saturated carbocycles. The van der Waals surface area contributed by atoms with Crippen LogP contribution in [0.1, 0.15) is 25.3 Å². The van der Waals surface area contributed by atoms with Crippen LogP contribution in [0.4, 0.5) is 0 Å². The molecule has 6 nitrogen and oxygen atoms in total. The van der Waals surface area contributed by atoms with E-state index in [1.807, 2.05) is 42.3 Å². The second-order valence-corrected chi connectivity index (χ2v) is 6.88. The van der Waals surface area contributed by atoms with Crippen LogP contribution >= 0.6 is 11.6 Å². The lowest BCUT2D eigenvalue weighted by molar-refractivity contribution is -0.139. The Labute approximate surface area is 152 Å². The number of halogens is 1. The first kappa shape index (κ1) is 17.9. The summed E-state index contributed by atoms with van der Waals surface area (Å²) in [6.45, 7) is 3.62. The van der Waals surface area contributed by atoms with Gasteiger partial charge in [0.25, 0.3) is 0 Å². The van der Waals surface area contributed by atoms with Crippen LogP contribution in [-0.4, -0.2) is 51.3 Å². The van der Waals surface area contributed by atoms with Crippen LogP contribution in [0.25, 0.3) is 11.3 Å². The number of carboxylic acids is 1. The molecule has 0 unspecified atom stereocenters. The molecule has 0 amide bonds. The molecule has 1 aromatic heterocycles. The minimum absolute atomic E-state index is 0.120. The van der Waals surface area contributed by atoms with Crippen LogP contribution in [0.2, 0.25) is 5.02 Å². The van der Waals surface area contributed by atoms with Gasteiger partial charge in [0.05, 0.1) is 18.4 Å². The van der Waals surface area contributed by atoms with E-state index in [9.17, 15) is 4.79 Å². The molecule has 25 heavy (non-hydrogen) atoms. The molecule has 1 aliphatic rings. The molecule has 0 bridgehead atoms. The lowest BCUT2D eigenvalue weighted by atomic mass is 9.85. The van der Waals surface area contributed by atoms with Crippen molar-refractivity contribution < 1.29 is 9.90 Å². The first-order valence-electron chi connectivity index (χ1n) is 8.54. The highest BCUT2D eigenvalue weighted by molar-refractivity contribution is 6.30. The fourth-order valence-electron chi connectivity index (χ4n) is 3.32. The first-order chi connectivity index (χ1) is 12.1. The summed E-state index contributed by atoms with van der Waals surface area (Å²) in [5, 5.41) is 20.4. The van der Waals surface area contributed by atoms with Gasteiger partial charge in [-0.05, 0) is 31.5 Å². The maximum absolute atomic E-state index is 10.9. The lowest BCUT2D eigenvalue weighted by Gasteiger charge is -2.42. The Kier molecular flexibility index (Phi) is 5.73. The average Bonchev–Trinajstić information content (AvgIpc) is 3.00. The Morgan fingerprint density at radius 3 is 2.96 bits per heavy atom. The molecular weight excluding hydrogens is 340 g/mol. The summed E-state index contributed by atoms with van der Waals surface area (Å²) in [5.41, 5.74) is 3.10. The third kappa shape index (κ3) is 4.39. The molecule has 0 radical (unpaired) electrons. The van der Waals surface area contributed by atoms with Crippen molar-refractivity contribution in [3.63, 3.8) is 0 Å². The van der Waals surface area contributed by atoms with Gasteiger partial charge < -0.3 is 10.4 Å². The quantitative estimate of drug-likeness (QED) is 0.672. The van der Waals surface area contributed by atoms with Crippen LogP contribution in [-0.2, 0) is 11.3 Å². The van der Waals surface area contributed by atoms with Crippen molar-refractivity contribution in [1.82, 2.24) is 20.4 Å². The minimum atomic E-state index is -0.761. The molecule has 0 atom stereocenters. The number of likely N-dealkylation sites (N-methyl/N-ethyl adjacent to an activating group) is 1. The Hall–Kier alpha value is -1.89. The van der Waals surface area contributed by atoms with Gasteiger partial charge in [-0.1, -0.05) is 30.7 Å². The number of H-pyrrole nitrogens is 1. The van der Waals surface area contributed by atoms with Crippen LogP contribution < -0.4 is 5.32 Å². The van der Waals surface area contributed by atoms with Crippen molar-refractivity contribution in [2.24, 2.45) is 0 Å². The van der Waals surface area contributed by atoms with Crippen molar-refractivity contribution in [2.75, 3.05) is 13.1 Å². The molecule has 3 N–H and O–H groups in total. The van der Waals surface area contributed by atoms with E-state index < -0.39 is 5.97 Å². The number of aromatic nitrogens is 2. The van der Waals surface area contributed by atoms with E-state index in [4.69, 9.17) is 16.7 Å². The number of rotatable bonds is 8. The van der Waals surface area contributed by atoms with E-state index >= 15 is 0 Å². The molecule has 1 aromatic carbocycles. The molecule has 2 aromatic rings. The summed E-state index contributed by atoms with van der Waals surface area (Å²) in [6, 6.07) is 8.47. The summed E-state index contributed by atoms with van der Waals surface area (Å²) < 4.78 is 0. The Morgan fingerprint density at radius 2 is 2.28 bits per heavy atom. The van der Waals surface area contributed by atoms with E-state index in [0.29, 0.717) is 17.1 Å². The number of aromatic amines is 1. The zero-order valence-corrected chi connectivity index (χ0v) is 15.0. The highest BCUT2D eigenvalue weighted by Gasteiger charge is 2.33. The Balaban J connectivity index is 1.53. The average molecular weight is 363 g/mol. The standard InChI is InChI=1S/C18H23ClN4O2/c1-2-23(11-17(24)25)16-7-15(8-16)20-9-13-10-21-22-18(13)12-4-3-5-14(19)6-12/h3-6,10,15-16,20H,2,7-9,11H2,1H3,(H,21,22)(H,24,25). The van der Waals surface area contributed by atoms with Gasteiger partial charge in [0.15, 0.2) is 0 Å². The maximum Gasteiger partial charge on any atom is 0.317 e. The van der Waals surface area contributed by atoms with Crippen molar-refractivity contribution in [2.45, 2.75) is 38.4 Å². The molecule has 0 aliphatic heterocycles. The number of hydrogen-bond acceptors (Lipinski definition) is 4. The molecule has 3 rings (SSSR count). The largest absolute Gasteiger partial charge is 0.480 e. The molecular formula is C18H23ClN4O2. The van der Waals surface area contributed by atoms with Crippen LogP contribution in [0.5, 0.6) is 0 Å². The van der Waals surface area contributed by atoms with E-state index in [0.717, 1.165) is 42.8 Å². The van der Waals surface area contributed by atoms with Gasteiger partial charge in [0.2, 0.25) is 0 Å². The van der Waals surface area contributed by atoms with Crippen molar-refractivity contribution in [1.29, 1.82) is 0 Å². The molecule has 1 fully saturated rings. The third-order valence-electron chi connectivity index (χ3n) is 4.79. The van der Waals surface area contributed by atoms with Crippen molar-refractivity contribution >= 4 is 17.6 Å². The molecule has 0 saturated heterocycles. The van der Waals surface area contributed by atoms with Gasteiger partial charge in [0, 0.05) is 34.8 Å². The summed E-state index contributed by atoms with van der Waals surface area (Å²) in [4.78, 5) is 12.9. The second kappa shape index (κ2) is 7.99. The van der Waals surface area contributed by atoms with E-state index in [1.54, 1.807) is 0 Å². The molecule has 1 aliphatic carbocycles. The number of hydrogen-bond donors (Lipinski definition) is 3. The van der Waals surface area contributed by atoms with Gasteiger partial charge in [-0.3, -0.25) is 14.8 Å². The fraction of sp³-hybridized carbons (Fsp3) is 0.444. The number of aliphatic carboxylic acids is 1. The molecule has 0 spiro atoms. The number of nitrogens with zero attached hydrogens (tertiary/aromatic N) is 2. The Morgan fingerprint density at radius 1 is 1.48 bits per heavy atom. The Bertz CT molecular complexity index is 727. The number of carboxylic acid groups (broad SMARTS) is 1. The minimum Gasteiger partial charge on any atom is -0.480 e. The first-order valence-corrected chi connectivity index (χ1v) is 8.92. The van der Waals surface area contributed by atoms with Crippen LogP contribution in [0.15, 0.2) is 30.5 Å². The number of carbonyl (C=O) groups is 1. The summed E-state index contributed by atoms with van der Waals surface area (Å²) >= 11 is 6.07. The fourth-order valence-corrected chi connectivity index (χ4v) is 3.51. The van der Waals surface area contributed by atoms with E-state index in [2.05, 4.69) is 15.5 Å². The van der Waals surface area contributed by atoms with Crippen LogP contribution in [0.3, 0.4) is 0 Å². The monoisotopic (exact) mass is 362 g/mol. The molecule has 134 valence electrons. The maximum atomic E-state index is 10.9. The molecule has 1 heterocycles. The van der Waals surface area contributed by atoms with Gasteiger partial charge in [0.1, 0.15) is 0 Å². The van der Waals surface area contributed by atoms with Gasteiger partial charge in [-0.2, -0.15) is 5.10 Å². The van der Waals surface area contributed by atoms with E-state index in [-0.39, 0.29) is 6.54 Å². The van der Waals surface area contributed by atoms with Crippen molar-refractivity contribution in [3.8, 4) is 11.3 Å². The lowest BCUT2D eigenvalue weighted by Crippen LogP contribution is -2.53. The predicted octanol–water partition coefficient (Wildman–Crippen LogP) is 2.76. The van der Waals surface area contributed by atoms with Crippen LogP contribution in [0, 0.1) is 0 Å². The molecule has 7 heteroatoms. The summed E-state index contributed by atoms with van der Waals surface area (Å²) in [5.74, 6) is -0.761. The zero-order valence-electron chi connectivity index (χ0n) is 14.2. The van der Waals surface area contributed by atoms with Gasteiger partial charge >= 0.3 is 5.97 Å². The topological polar surface area (TPSA) is 81.2 Å².